The molecule has 0 radical (unpaired) electrons. The van der Waals surface area contributed by atoms with Gasteiger partial charge in [-0.2, -0.15) is 0 Å². The van der Waals surface area contributed by atoms with Crippen molar-refractivity contribution >= 4 is 17.5 Å². The molecule has 4 rings (SSSR count). The maximum absolute atomic E-state index is 12.8. The lowest BCUT2D eigenvalue weighted by atomic mass is 10.2. The normalized spacial score (nSPS) is 18.1. The van der Waals surface area contributed by atoms with Gasteiger partial charge in [0.2, 0.25) is 5.91 Å². The zero-order valence-corrected chi connectivity index (χ0v) is 20.8. The number of amides is 1. The van der Waals surface area contributed by atoms with Crippen molar-refractivity contribution in [2.75, 3.05) is 79.2 Å². The topological polar surface area (TPSA) is 48.5 Å². The summed E-state index contributed by atoms with van der Waals surface area (Å²) in [5.74, 6) is 1.86. The van der Waals surface area contributed by atoms with E-state index in [1.165, 1.54) is 5.56 Å². The molecule has 1 amide bonds. The van der Waals surface area contributed by atoms with E-state index in [4.69, 9.17) is 21.1 Å². The molecule has 0 bridgehead atoms. The highest BCUT2D eigenvalue weighted by atomic mass is 35.5. The van der Waals surface area contributed by atoms with Crippen LogP contribution in [0.5, 0.6) is 11.5 Å². The second-order valence-corrected chi connectivity index (χ2v) is 9.31. The number of para-hydroxylation sites is 1. The van der Waals surface area contributed by atoms with Crippen molar-refractivity contribution < 1.29 is 14.3 Å². The number of carbonyl (C=O) groups excluding carboxylic acids is 1. The summed E-state index contributed by atoms with van der Waals surface area (Å²) in [6, 6.07) is 15.8. The molecule has 2 heterocycles. The van der Waals surface area contributed by atoms with E-state index in [1.807, 2.05) is 41.3 Å². The lowest BCUT2D eigenvalue weighted by molar-refractivity contribution is -0.134. The summed E-state index contributed by atoms with van der Waals surface area (Å²) >= 11 is 6.14. The first-order valence-electron chi connectivity index (χ1n) is 12.1. The molecule has 0 unspecified atom stereocenters. The zero-order chi connectivity index (χ0) is 23.8. The van der Waals surface area contributed by atoms with Crippen LogP contribution in [0.2, 0.25) is 5.02 Å². The highest BCUT2D eigenvalue weighted by Gasteiger charge is 2.24. The standard InChI is InChI=1S/C26H35ClN4O3/c1-33-23-8-6-22(7-9-23)20-29-14-16-31(17-15-29)26(32)21-30-12-10-28(11-13-30)18-19-34-25-5-3-2-4-24(25)27/h2-9H,10-21H2,1H3. The highest BCUT2D eigenvalue weighted by molar-refractivity contribution is 6.32. The molecule has 2 aromatic rings. The Bertz CT molecular complexity index is 911. The van der Waals surface area contributed by atoms with Gasteiger partial charge >= 0.3 is 0 Å². The predicted octanol–water partition coefficient (Wildman–Crippen LogP) is 2.69. The van der Waals surface area contributed by atoms with Crippen molar-refractivity contribution in [3.05, 3.63) is 59.1 Å². The molecule has 184 valence electrons. The van der Waals surface area contributed by atoms with Crippen LogP contribution in [0.15, 0.2) is 48.5 Å². The van der Waals surface area contributed by atoms with Crippen molar-refractivity contribution in [3.63, 3.8) is 0 Å². The SMILES string of the molecule is COc1ccc(CN2CCN(C(=O)CN3CCN(CCOc4ccccc4Cl)CC3)CC2)cc1. The Morgan fingerprint density at radius 1 is 0.853 bits per heavy atom. The molecule has 0 spiro atoms. The van der Waals surface area contributed by atoms with Crippen LogP contribution >= 0.6 is 11.6 Å². The fraction of sp³-hybridized carbons (Fsp3) is 0.500. The van der Waals surface area contributed by atoms with E-state index >= 15 is 0 Å². The maximum atomic E-state index is 12.8. The number of benzene rings is 2. The Morgan fingerprint density at radius 3 is 2.18 bits per heavy atom. The van der Waals surface area contributed by atoms with Gasteiger partial charge in [-0.15, -0.1) is 0 Å². The number of nitrogens with zero attached hydrogens (tertiary/aromatic N) is 4. The van der Waals surface area contributed by atoms with Gasteiger partial charge in [0, 0.05) is 65.4 Å². The quantitative estimate of drug-likeness (QED) is 0.543. The second-order valence-electron chi connectivity index (χ2n) is 8.90. The van der Waals surface area contributed by atoms with Crippen LogP contribution in [0.1, 0.15) is 5.56 Å². The summed E-state index contributed by atoms with van der Waals surface area (Å²) in [6.07, 6.45) is 0. The van der Waals surface area contributed by atoms with Crippen LogP contribution in [0.3, 0.4) is 0 Å². The fourth-order valence-electron chi connectivity index (χ4n) is 4.45. The lowest BCUT2D eigenvalue weighted by Gasteiger charge is -2.38. The van der Waals surface area contributed by atoms with Crippen LogP contribution in [0, 0.1) is 0 Å². The monoisotopic (exact) mass is 486 g/mol. The van der Waals surface area contributed by atoms with Gasteiger partial charge in [0.15, 0.2) is 0 Å². The average molecular weight is 487 g/mol. The first-order chi connectivity index (χ1) is 16.6. The summed E-state index contributed by atoms with van der Waals surface area (Å²) in [7, 11) is 1.68. The van der Waals surface area contributed by atoms with E-state index < -0.39 is 0 Å². The average Bonchev–Trinajstić information content (AvgIpc) is 2.87. The molecule has 2 aliphatic heterocycles. The summed E-state index contributed by atoms with van der Waals surface area (Å²) in [5, 5.41) is 0.646. The number of halogens is 1. The van der Waals surface area contributed by atoms with Gasteiger partial charge in [0.1, 0.15) is 18.1 Å². The fourth-order valence-corrected chi connectivity index (χ4v) is 4.64. The molecule has 34 heavy (non-hydrogen) atoms. The molecule has 2 saturated heterocycles. The summed E-state index contributed by atoms with van der Waals surface area (Å²) in [4.78, 5) is 21.9. The largest absolute Gasteiger partial charge is 0.497 e. The zero-order valence-electron chi connectivity index (χ0n) is 20.0. The van der Waals surface area contributed by atoms with Gasteiger partial charge in [-0.1, -0.05) is 35.9 Å². The maximum Gasteiger partial charge on any atom is 0.236 e. The van der Waals surface area contributed by atoms with Gasteiger partial charge in [0.25, 0.3) is 0 Å². The van der Waals surface area contributed by atoms with Crippen molar-refractivity contribution in [2.45, 2.75) is 6.54 Å². The summed E-state index contributed by atoms with van der Waals surface area (Å²) in [6.45, 7) is 10.1. The number of hydrogen-bond acceptors (Lipinski definition) is 6. The van der Waals surface area contributed by atoms with Crippen molar-refractivity contribution in [3.8, 4) is 11.5 Å². The summed E-state index contributed by atoms with van der Waals surface area (Å²) < 4.78 is 11.0. The molecule has 0 atom stereocenters. The van der Waals surface area contributed by atoms with E-state index in [9.17, 15) is 4.79 Å². The first kappa shape index (κ1) is 24.8. The number of methoxy groups -OCH3 is 1. The molecule has 0 aromatic heterocycles. The van der Waals surface area contributed by atoms with Gasteiger partial charge in [-0.25, -0.2) is 0 Å². The number of rotatable bonds is 9. The third-order valence-corrected chi connectivity index (χ3v) is 6.93. The molecule has 2 fully saturated rings. The minimum Gasteiger partial charge on any atom is -0.497 e. The molecule has 0 N–H and O–H groups in total. The Morgan fingerprint density at radius 2 is 1.50 bits per heavy atom. The van der Waals surface area contributed by atoms with E-state index in [0.29, 0.717) is 18.2 Å². The molecule has 7 nitrogen and oxygen atoms in total. The summed E-state index contributed by atoms with van der Waals surface area (Å²) in [5.41, 5.74) is 1.27. The molecule has 0 aliphatic carbocycles. The Balaban J connectivity index is 1.11. The third kappa shape index (κ3) is 7.09. The van der Waals surface area contributed by atoms with Crippen LogP contribution < -0.4 is 9.47 Å². The van der Waals surface area contributed by atoms with E-state index in [1.54, 1.807) is 7.11 Å². The Labute approximate surface area is 207 Å². The Kier molecular flexibility index (Phi) is 9.04. The first-order valence-corrected chi connectivity index (χ1v) is 12.4. The number of carbonyl (C=O) groups is 1. The number of hydrogen-bond donors (Lipinski definition) is 0. The van der Waals surface area contributed by atoms with Gasteiger partial charge in [0.05, 0.1) is 18.7 Å². The van der Waals surface area contributed by atoms with Crippen LogP contribution in [0.25, 0.3) is 0 Å². The molecule has 8 heteroatoms. The second kappa shape index (κ2) is 12.4. The van der Waals surface area contributed by atoms with Gasteiger partial charge < -0.3 is 14.4 Å². The van der Waals surface area contributed by atoms with Gasteiger partial charge in [-0.05, 0) is 29.8 Å². The van der Waals surface area contributed by atoms with Crippen LogP contribution in [-0.4, -0.2) is 105 Å². The number of ether oxygens (including phenoxy) is 2. The molecule has 2 aromatic carbocycles. The van der Waals surface area contributed by atoms with E-state index in [0.717, 1.165) is 76.9 Å². The minimum atomic E-state index is 0.250. The number of piperazine rings is 2. The highest BCUT2D eigenvalue weighted by Crippen LogP contribution is 2.23. The molecular formula is C26H35ClN4O3. The third-order valence-electron chi connectivity index (χ3n) is 6.62. The van der Waals surface area contributed by atoms with Crippen molar-refractivity contribution in [2.24, 2.45) is 0 Å². The van der Waals surface area contributed by atoms with E-state index in [-0.39, 0.29) is 5.91 Å². The Hall–Kier alpha value is -2.32. The molecule has 0 saturated carbocycles. The van der Waals surface area contributed by atoms with Crippen molar-refractivity contribution in [1.29, 1.82) is 0 Å². The smallest absolute Gasteiger partial charge is 0.236 e. The predicted molar refractivity (Wildman–Crippen MR) is 135 cm³/mol. The van der Waals surface area contributed by atoms with Crippen LogP contribution in [0.4, 0.5) is 0 Å². The molecule has 2 aliphatic rings. The van der Waals surface area contributed by atoms with Crippen LogP contribution in [-0.2, 0) is 11.3 Å². The van der Waals surface area contributed by atoms with E-state index in [2.05, 4.69) is 26.8 Å². The minimum absolute atomic E-state index is 0.250. The van der Waals surface area contributed by atoms with Crippen molar-refractivity contribution in [1.82, 2.24) is 19.6 Å². The lowest BCUT2D eigenvalue weighted by Crippen LogP contribution is -2.53. The molecular weight excluding hydrogens is 452 g/mol. The van der Waals surface area contributed by atoms with Gasteiger partial charge in [-0.3, -0.25) is 19.5 Å².